The van der Waals surface area contributed by atoms with Crippen LogP contribution in [0.2, 0.25) is 19.6 Å². The van der Waals surface area contributed by atoms with Gasteiger partial charge >= 0.3 is 20.1 Å². The summed E-state index contributed by atoms with van der Waals surface area (Å²) < 4.78 is 45.7. The van der Waals surface area contributed by atoms with Gasteiger partial charge in [-0.15, -0.1) is 47.1 Å². The van der Waals surface area contributed by atoms with Crippen molar-refractivity contribution in [3.63, 3.8) is 0 Å². The van der Waals surface area contributed by atoms with E-state index >= 15 is 0 Å². The number of para-hydroxylation sites is 4. The smallest absolute Gasteiger partial charge is 0.661 e. The van der Waals surface area contributed by atoms with E-state index in [-0.39, 0.29) is 37.8 Å². The van der Waals surface area contributed by atoms with Crippen molar-refractivity contribution in [1.82, 2.24) is 4.98 Å². The molecule has 0 amide bonds. The Kier molecular flexibility index (Phi) is 8.65. The molecule has 50 heavy (non-hydrogen) atoms. The van der Waals surface area contributed by atoms with Crippen LogP contribution in [-0.4, -0.2) is 13.1 Å². The van der Waals surface area contributed by atoms with Gasteiger partial charge in [0.15, 0.2) is 0 Å². The van der Waals surface area contributed by atoms with Crippen LogP contribution in [-0.2, 0) is 26.5 Å². The average Bonchev–Trinajstić information content (AvgIpc) is 3.73. The predicted molar refractivity (Wildman–Crippen MR) is 208 cm³/mol. The third-order valence-corrected chi connectivity index (χ3v) is 10.6. The number of furan rings is 1. The first-order valence-corrected chi connectivity index (χ1v) is 20.1. The summed E-state index contributed by atoms with van der Waals surface area (Å²) in [6.07, 6.45) is 0.159. The average molecular weight is 854 g/mol. The summed E-state index contributed by atoms with van der Waals surface area (Å²) in [6, 6.07) is 43.8. The Hall–Kier alpha value is -4.48. The molecule has 0 radical (unpaired) electrons. The van der Waals surface area contributed by atoms with E-state index in [4.69, 9.17) is 16.6 Å². The summed E-state index contributed by atoms with van der Waals surface area (Å²) in [4.78, 5) is 6.80. The number of aromatic nitrogens is 1. The fraction of sp³-hybridized carbons (Fsp3) is 0.205. The van der Waals surface area contributed by atoms with Crippen molar-refractivity contribution in [3.05, 3.63) is 156 Å². The van der Waals surface area contributed by atoms with Crippen LogP contribution in [0.15, 0.2) is 126 Å². The molecule has 6 heteroatoms. The van der Waals surface area contributed by atoms with E-state index in [1.807, 2.05) is 56.3 Å². The molecule has 252 valence electrons. The van der Waals surface area contributed by atoms with Crippen molar-refractivity contribution in [1.29, 1.82) is 0 Å². The molecule has 0 spiro atoms. The first-order valence-electron chi connectivity index (χ1n) is 19.1. The van der Waals surface area contributed by atoms with E-state index in [0.717, 1.165) is 49.8 Å². The minimum absolute atomic E-state index is 0. The maximum Gasteiger partial charge on any atom is 3.00 e. The second-order valence-corrected chi connectivity index (χ2v) is 18.7. The second-order valence-electron chi connectivity index (χ2n) is 13.6. The monoisotopic (exact) mass is 854 g/mol. The number of hydrogen-bond acceptors (Lipinski definition) is 3. The van der Waals surface area contributed by atoms with E-state index in [9.17, 15) is 0 Å². The van der Waals surface area contributed by atoms with E-state index in [2.05, 4.69) is 96.3 Å². The molecule has 7 aromatic rings. The standard InChI is InChI=1S/C25H16N2O.C19H26NSi.Ir/c1-2-8-18(9-3-1)27-22-12-6-5-11-21(22)26-25(27)17-14-15-20-19-10-4-7-13-23(19)28-24(20)16-17;1-14(2)11-17-12-18(16-9-7-15(3)8-10-16)20-13-19(17)21(4,5)6;/h1-13,15-16,25H;7-9,12-14H,11H2,1-6H3;/q-2;-1;+3/i;3D3,11D2;. The molecule has 0 N–H and O–H groups in total. The molecule has 4 nitrogen and oxygen atoms in total. The van der Waals surface area contributed by atoms with Crippen LogP contribution in [0.5, 0.6) is 0 Å². The van der Waals surface area contributed by atoms with Gasteiger partial charge < -0.3 is 19.6 Å². The summed E-state index contributed by atoms with van der Waals surface area (Å²) >= 11 is 0. The van der Waals surface area contributed by atoms with Gasteiger partial charge in [-0.2, -0.15) is 17.7 Å². The molecule has 0 aliphatic carbocycles. The van der Waals surface area contributed by atoms with Gasteiger partial charge in [0.1, 0.15) is 5.58 Å². The maximum absolute atomic E-state index is 8.59. The maximum atomic E-state index is 8.59. The van der Waals surface area contributed by atoms with E-state index in [0.29, 0.717) is 16.8 Å². The Balaban J connectivity index is 0.000000185. The van der Waals surface area contributed by atoms with Crippen molar-refractivity contribution in [2.75, 3.05) is 4.90 Å². The number of nitrogens with zero attached hydrogens (tertiary/aromatic N) is 3. The fourth-order valence-electron chi connectivity index (χ4n) is 6.22. The number of fused-ring (bicyclic) bond motifs is 4. The van der Waals surface area contributed by atoms with Crippen molar-refractivity contribution >= 4 is 52.3 Å². The Morgan fingerprint density at radius 1 is 0.880 bits per heavy atom. The van der Waals surface area contributed by atoms with Gasteiger partial charge in [-0.05, 0) is 59.0 Å². The molecule has 0 fully saturated rings. The van der Waals surface area contributed by atoms with Crippen LogP contribution in [0.25, 0.3) is 38.5 Å². The largest absolute Gasteiger partial charge is 3.00 e. The van der Waals surface area contributed by atoms with Crippen LogP contribution in [0.4, 0.5) is 17.1 Å². The molecule has 0 bridgehead atoms. The molecule has 0 saturated heterocycles. The zero-order valence-corrected chi connectivity index (χ0v) is 32.2. The Labute approximate surface area is 318 Å². The first-order chi connectivity index (χ1) is 25.6. The van der Waals surface area contributed by atoms with Gasteiger partial charge in [0, 0.05) is 30.0 Å². The predicted octanol–water partition coefficient (Wildman–Crippen LogP) is 11.8. The zero-order valence-electron chi connectivity index (χ0n) is 33.8. The van der Waals surface area contributed by atoms with Crippen molar-refractivity contribution in [3.8, 4) is 11.3 Å². The summed E-state index contributed by atoms with van der Waals surface area (Å²) in [5, 5.41) is 8.21. The van der Waals surface area contributed by atoms with Crippen LogP contribution in [0.3, 0.4) is 0 Å². The number of hydrogen-bond donors (Lipinski definition) is 0. The fourth-order valence-corrected chi connectivity index (χ4v) is 7.62. The first kappa shape index (κ1) is 29.3. The van der Waals surface area contributed by atoms with Gasteiger partial charge in [-0.1, -0.05) is 112 Å². The van der Waals surface area contributed by atoms with Crippen LogP contribution < -0.4 is 10.1 Å². The van der Waals surface area contributed by atoms with Crippen molar-refractivity contribution in [2.24, 2.45) is 5.92 Å². The van der Waals surface area contributed by atoms with Gasteiger partial charge in [0.2, 0.25) is 0 Å². The molecule has 5 aromatic carbocycles. The second kappa shape index (κ2) is 14.8. The minimum Gasteiger partial charge on any atom is -0.661 e. The van der Waals surface area contributed by atoms with Gasteiger partial charge in [0.05, 0.1) is 8.07 Å². The molecular weight excluding hydrogens is 807 g/mol. The van der Waals surface area contributed by atoms with Crippen molar-refractivity contribution in [2.45, 2.75) is 52.9 Å². The summed E-state index contributed by atoms with van der Waals surface area (Å²) in [7, 11) is -1.78. The van der Waals surface area contributed by atoms with Gasteiger partial charge in [-0.25, -0.2) is 0 Å². The summed E-state index contributed by atoms with van der Waals surface area (Å²) in [6.45, 7) is 8.14. The Morgan fingerprint density at radius 2 is 1.64 bits per heavy atom. The molecule has 1 atom stereocenters. The molecule has 3 heterocycles. The summed E-state index contributed by atoms with van der Waals surface area (Å²) in [5.41, 5.74) is 8.17. The Bertz CT molecular complexity index is 2430. The summed E-state index contributed by atoms with van der Waals surface area (Å²) in [5.74, 6) is -0.172. The quantitative estimate of drug-likeness (QED) is 0.124. The van der Waals surface area contributed by atoms with E-state index in [1.165, 1.54) is 6.07 Å². The zero-order chi connectivity index (χ0) is 38.4. The number of benzene rings is 5. The Morgan fingerprint density at radius 3 is 2.38 bits per heavy atom. The number of pyridine rings is 1. The molecule has 2 aromatic heterocycles. The molecule has 8 rings (SSSR count). The van der Waals surface area contributed by atoms with E-state index < -0.39 is 21.3 Å². The third kappa shape index (κ3) is 7.34. The van der Waals surface area contributed by atoms with Gasteiger partial charge in [0.25, 0.3) is 0 Å². The van der Waals surface area contributed by atoms with Crippen LogP contribution in [0.1, 0.15) is 43.6 Å². The van der Waals surface area contributed by atoms with Gasteiger partial charge in [-0.3, -0.25) is 0 Å². The molecule has 1 aliphatic rings. The van der Waals surface area contributed by atoms with Crippen LogP contribution >= 0.6 is 0 Å². The number of anilines is 2. The molecule has 1 aliphatic heterocycles. The minimum atomic E-state index is -2.16. The normalized spacial score (nSPS) is 15.8. The molecular formula is C44H42IrN3OSi. The third-order valence-electron chi connectivity index (χ3n) is 8.54. The topological polar surface area (TPSA) is 43.4 Å². The molecule has 1 unspecified atom stereocenters. The van der Waals surface area contributed by atoms with Crippen molar-refractivity contribution < 1.29 is 31.4 Å². The number of aryl methyl sites for hydroxylation is 1. The number of rotatable bonds is 6. The van der Waals surface area contributed by atoms with E-state index in [1.54, 1.807) is 18.3 Å². The SMILES string of the molecule is [2H]C([2H])([2H])c1c[c-]c(-c2cc(C([2H])([2H])C(C)C)c([Si](C)(C)C)cn2)cc1.[Ir+3].[c-]1cc2c(cc1C1[N-]c3ccccc3N1c1ccccc1)oc1ccccc12. The van der Waals surface area contributed by atoms with Crippen LogP contribution in [0, 0.1) is 24.9 Å². The molecule has 0 saturated carbocycles.